The Labute approximate surface area is 115 Å². The molecule has 1 aliphatic rings. The molecule has 0 amide bonds. The first kappa shape index (κ1) is 14.0. The number of nitrogen functional groups attached to an aromatic ring is 1. The van der Waals surface area contributed by atoms with Gasteiger partial charge in [-0.1, -0.05) is 6.07 Å². The number of ether oxygens (including phenoxy) is 2. The summed E-state index contributed by atoms with van der Waals surface area (Å²) in [6, 6.07) is 6.02. The molecular formula is C15H24N2O2. The highest BCUT2D eigenvalue weighted by Crippen LogP contribution is 2.34. The number of para-hydroxylation sites is 1. The van der Waals surface area contributed by atoms with Crippen LogP contribution in [0.2, 0.25) is 0 Å². The quantitative estimate of drug-likeness (QED) is 0.830. The molecule has 0 atom stereocenters. The molecule has 0 saturated carbocycles. The summed E-state index contributed by atoms with van der Waals surface area (Å²) in [5, 5.41) is 0. The van der Waals surface area contributed by atoms with Crippen molar-refractivity contribution < 1.29 is 9.47 Å². The van der Waals surface area contributed by atoms with Crippen LogP contribution in [0.15, 0.2) is 18.2 Å². The molecule has 0 aliphatic carbocycles. The molecule has 0 unspecified atom stereocenters. The fourth-order valence-electron chi connectivity index (χ4n) is 2.67. The van der Waals surface area contributed by atoms with E-state index in [0.29, 0.717) is 12.5 Å². The van der Waals surface area contributed by atoms with E-state index in [1.807, 2.05) is 19.1 Å². The fourth-order valence-corrected chi connectivity index (χ4v) is 2.67. The standard InChI is InChI=1S/C15H24N2O2/c1-3-19-14-6-4-5-13(15(14)16)17-9-7-12(8-10-17)11-18-2/h4-6,12H,3,7-11,16H2,1-2H3. The van der Waals surface area contributed by atoms with Crippen molar-refractivity contribution >= 4 is 11.4 Å². The number of hydrogen-bond acceptors (Lipinski definition) is 4. The van der Waals surface area contributed by atoms with Crippen LogP contribution < -0.4 is 15.4 Å². The summed E-state index contributed by atoms with van der Waals surface area (Å²) in [5.41, 5.74) is 8.06. The van der Waals surface area contributed by atoms with Gasteiger partial charge in [-0.25, -0.2) is 0 Å². The van der Waals surface area contributed by atoms with Gasteiger partial charge >= 0.3 is 0 Å². The molecular weight excluding hydrogens is 240 g/mol. The van der Waals surface area contributed by atoms with Gasteiger partial charge in [-0.05, 0) is 37.8 Å². The zero-order chi connectivity index (χ0) is 13.7. The molecule has 1 heterocycles. The monoisotopic (exact) mass is 264 g/mol. The van der Waals surface area contributed by atoms with Crippen LogP contribution in [0, 0.1) is 5.92 Å². The summed E-state index contributed by atoms with van der Waals surface area (Å²) < 4.78 is 10.8. The van der Waals surface area contributed by atoms with Gasteiger partial charge in [0, 0.05) is 26.8 Å². The van der Waals surface area contributed by atoms with Gasteiger partial charge in [0.2, 0.25) is 0 Å². The number of nitrogens with zero attached hydrogens (tertiary/aromatic N) is 1. The molecule has 4 nitrogen and oxygen atoms in total. The Bertz CT molecular complexity index is 401. The molecule has 2 rings (SSSR count). The normalized spacial score (nSPS) is 16.6. The fraction of sp³-hybridized carbons (Fsp3) is 0.600. The second kappa shape index (κ2) is 6.66. The molecule has 0 bridgehead atoms. The van der Waals surface area contributed by atoms with Crippen molar-refractivity contribution in [2.45, 2.75) is 19.8 Å². The third-order valence-corrected chi connectivity index (χ3v) is 3.70. The van der Waals surface area contributed by atoms with E-state index in [-0.39, 0.29) is 0 Å². The minimum atomic E-state index is 0.642. The number of piperidine rings is 1. The first-order chi connectivity index (χ1) is 9.26. The molecule has 1 saturated heterocycles. The smallest absolute Gasteiger partial charge is 0.144 e. The number of hydrogen-bond donors (Lipinski definition) is 1. The van der Waals surface area contributed by atoms with Crippen molar-refractivity contribution in [2.75, 3.05) is 44.0 Å². The molecule has 0 radical (unpaired) electrons. The van der Waals surface area contributed by atoms with Crippen molar-refractivity contribution in [3.8, 4) is 5.75 Å². The van der Waals surface area contributed by atoms with Crippen LogP contribution in [0.5, 0.6) is 5.75 Å². The lowest BCUT2D eigenvalue weighted by Gasteiger charge is -2.34. The lowest BCUT2D eigenvalue weighted by atomic mass is 9.97. The van der Waals surface area contributed by atoms with Crippen LogP contribution in [-0.2, 0) is 4.74 Å². The van der Waals surface area contributed by atoms with Crippen LogP contribution in [0.3, 0.4) is 0 Å². The molecule has 0 aromatic heterocycles. The highest BCUT2D eigenvalue weighted by atomic mass is 16.5. The van der Waals surface area contributed by atoms with Crippen LogP contribution in [0.25, 0.3) is 0 Å². The summed E-state index contributed by atoms with van der Waals surface area (Å²) in [7, 11) is 1.77. The van der Waals surface area contributed by atoms with Gasteiger partial charge in [0.05, 0.1) is 18.0 Å². The Morgan fingerprint density at radius 3 is 2.68 bits per heavy atom. The van der Waals surface area contributed by atoms with Crippen molar-refractivity contribution in [3.63, 3.8) is 0 Å². The van der Waals surface area contributed by atoms with E-state index in [2.05, 4.69) is 11.0 Å². The Morgan fingerprint density at radius 1 is 1.32 bits per heavy atom. The molecule has 1 aromatic carbocycles. The molecule has 1 fully saturated rings. The van der Waals surface area contributed by atoms with Crippen LogP contribution >= 0.6 is 0 Å². The zero-order valence-corrected chi connectivity index (χ0v) is 11.9. The summed E-state index contributed by atoms with van der Waals surface area (Å²) in [5.74, 6) is 1.47. The van der Waals surface area contributed by atoms with Crippen LogP contribution in [0.1, 0.15) is 19.8 Å². The maximum atomic E-state index is 6.20. The van der Waals surface area contributed by atoms with Crippen molar-refractivity contribution in [3.05, 3.63) is 18.2 Å². The number of benzene rings is 1. The third kappa shape index (κ3) is 3.32. The predicted octanol–water partition coefficient (Wildman–Crippen LogP) is 2.53. The zero-order valence-electron chi connectivity index (χ0n) is 11.9. The van der Waals surface area contributed by atoms with Gasteiger partial charge in [-0.2, -0.15) is 0 Å². The summed E-state index contributed by atoms with van der Waals surface area (Å²) in [4.78, 5) is 2.35. The second-order valence-corrected chi connectivity index (χ2v) is 5.01. The van der Waals surface area contributed by atoms with Crippen molar-refractivity contribution in [2.24, 2.45) is 5.92 Å². The summed E-state index contributed by atoms with van der Waals surface area (Å²) in [6.07, 6.45) is 2.32. The van der Waals surface area contributed by atoms with Crippen molar-refractivity contribution in [1.29, 1.82) is 0 Å². The van der Waals surface area contributed by atoms with Gasteiger partial charge in [-0.3, -0.25) is 0 Å². The maximum Gasteiger partial charge on any atom is 0.144 e. The molecule has 19 heavy (non-hydrogen) atoms. The first-order valence-corrected chi connectivity index (χ1v) is 7.01. The van der Waals surface area contributed by atoms with Gasteiger partial charge < -0.3 is 20.1 Å². The molecule has 106 valence electrons. The maximum absolute atomic E-state index is 6.20. The molecule has 1 aliphatic heterocycles. The number of rotatable bonds is 5. The van der Waals surface area contributed by atoms with Crippen LogP contribution in [0.4, 0.5) is 11.4 Å². The summed E-state index contributed by atoms with van der Waals surface area (Å²) in [6.45, 7) is 5.55. The van der Waals surface area contributed by atoms with Gasteiger partial charge in [-0.15, -0.1) is 0 Å². The predicted molar refractivity (Wildman–Crippen MR) is 78.8 cm³/mol. The second-order valence-electron chi connectivity index (χ2n) is 5.01. The Hall–Kier alpha value is -1.42. The highest BCUT2D eigenvalue weighted by Gasteiger charge is 2.21. The average molecular weight is 264 g/mol. The lowest BCUT2D eigenvalue weighted by Crippen LogP contribution is -2.35. The van der Waals surface area contributed by atoms with Gasteiger partial charge in [0.15, 0.2) is 0 Å². The van der Waals surface area contributed by atoms with E-state index in [1.54, 1.807) is 7.11 Å². The Morgan fingerprint density at radius 2 is 2.05 bits per heavy atom. The van der Waals surface area contributed by atoms with E-state index in [0.717, 1.165) is 49.7 Å². The van der Waals surface area contributed by atoms with E-state index in [1.165, 1.54) is 0 Å². The van der Waals surface area contributed by atoms with Gasteiger partial charge in [0.25, 0.3) is 0 Å². The minimum Gasteiger partial charge on any atom is -0.492 e. The van der Waals surface area contributed by atoms with Crippen molar-refractivity contribution in [1.82, 2.24) is 0 Å². The third-order valence-electron chi connectivity index (χ3n) is 3.70. The molecule has 1 aromatic rings. The topological polar surface area (TPSA) is 47.7 Å². The van der Waals surface area contributed by atoms with Crippen LogP contribution in [-0.4, -0.2) is 33.4 Å². The lowest BCUT2D eigenvalue weighted by molar-refractivity contribution is 0.139. The van der Waals surface area contributed by atoms with E-state index in [4.69, 9.17) is 15.2 Å². The molecule has 0 spiro atoms. The SMILES string of the molecule is CCOc1cccc(N2CCC(COC)CC2)c1N. The van der Waals surface area contributed by atoms with E-state index < -0.39 is 0 Å². The Kier molecular flexibility index (Phi) is 4.91. The molecule has 4 heteroatoms. The van der Waals surface area contributed by atoms with E-state index in [9.17, 15) is 0 Å². The highest BCUT2D eigenvalue weighted by molar-refractivity contribution is 5.74. The Balaban J connectivity index is 2.05. The largest absolute Gasteiger partial charge is 0.492 e. The van der Waals surface area contributed by atoms with E-state index >= 15 is 0 Å². The average Bonchev–Trinajstić information content (AvgIpc) is 2.43. The minimum absolute atomic E-state index is 0.642. The van der Waals surface area contributed by atoms with Gasteiger partial charge in [0.1, 0.15) is 5.75 Å². The number of nitrogens with two attached hydrogens (primary N) is 1. The summed E-state index contributed by atoms with van der Waals surface area (Å²) >= 11 is 0. The first-order valence-electron chi connectivity index (χ1n) is 7.01. The number of methoxy groups -OCH3 is 1. The number of anilines is 2. The molecule has 2 N–H and O–H groups in total.